The summed E-state index contributed by atoms with van der Waals surface area (Å²) < 4.78 is 30.9. The lowest BCUT2D eigenvalue weighted by Gasteiger charge is -2.11. The van der Waals surface area contributed by atoms with Crippen molar-refractivity contribution in [2.45, 2.75) is 33.6 Å². The first kappa shape index (κ1) is 24.8. The average Bonchev–Trinajstić information content (AvgIpc) is 2.64. The normalized spacial score (nSPS) is 12.0. The van der Waals surface area contributed by atoms with E-state index in [2.05, 4.69) is 0 Å². The Balaban J connectivity index is 3.53. The van der Waals surface area contributed by atoms with E-state index in [9.17, 15) is 9.59 Å². The smallest absolute Gasteiger partial charge is 0.308 e. The second kappa shape index (κ2) is 18.6. The van der Waals surface area contributed by atoms with Crippen LogP contribution in [0.15, 0.2) is 0 Å². The first-order chi connectivity index (χ1) is 12.6. The summed E-state index contributed by atoms with van der Waals surface area (Å²) in [4.78, 5) is 23.4. The number of carbonyl (C=O) groups excluding carboxylic acids is 2. The predicted molar refractivity (Wildman–Crippen MR) is 94.9 cm³/mol. The van der Waals surface area contributed by atoms with Crippen LogP contribution in [0, 0.1) is 5.92 Å². The fourth-order valence-electron chi connectivity index (χ4n) is 1.81. The molecular formula is C18H34O8. The first-order valence-corrected chi connectivity index (χ1v) is 9.25. The highest BCUT2D eigenvalue weighted by Gasteiger charge is 2.16. The van der Waals surface area contributed by atoms with Crippen molar-refractivity contribution in [3.8, 4) is 0 Å². The van der Waals surface area contributed by atoms with Gasteiger partial charge in [-0.3, -0.25) is 9.59 Å². The predicted octanol–water partition coefficient (Wildman–Crippen LogP) is 1.60. The Morgan fingerprint density at radius 1 is 0.692 bits per heavy atom. The van der Waals surface area contributed by atoms with Crippen molar-refractivity contribution in [1.82, 2.24) is 0 Å². The number of hydrogen-bond donors (Lipinski definition) is 0. The van der Waals surface area contributed by atoms with Gasteiger partial charge in [-0.15, -0.1) is 0 Å². The van der Waals surface area contributed by atoms with E-state index in [0.717, 1.165) is 0 Å². The maximum Gasteiger partial charge on any atom is 0.308 e. The number of esters is 2. The Morgan fingerprint density at radius 3 is 1.69 bits per heavy atom. The Kier molecular flexibility index (Phi) is 17.7. The third-order valence-electron chi connectivity index (χ3n) is 3.30. The van der Waals surface area contributed by atoms with Crippen molar-refractivity contribution in [2.75, 3.05) is 66.1 Å². The molecule has 26 heavy (non-hydrogen) atoms. The van der Waals surface area contributed by atoms with Crippen LogP contribution in [0.1, 0.15) is 33.6 Å². The number of ether oxygens (including phenoxy) is 6. The highest BCUT2D eigenvalue weighted by Crippen LogP contribution is 2.08. The van der Waals surface area contributed by atoms with Gasteiger partial charge in [-0.05, 0) is 20.3 Å². The van der Waals surface area contributed by atoms with E-state index in [4.69, 9.17) is 28.4 Å². The van der Waals surface area contributed by atoms with Gasteiger partial charge in [0.25, 0.3) is 0 Å². The molecule has 1 unspecified atom stereocenters. The fourth-order valence-corrected chi connectivity index (χ4v) is 1.81. The minimum Gasteiger partial charge on any atom is -0.463 e. The van der Waals surface area contributed by atoms with Gasteiger partial charge in [-0.1, -0.05) is 6.92 Å². The molecule has 0 aromatic rings. The largest absolute Gasteiger partial charge is 0.463 e. The molecule has 0 bridgehead atoms. The first-order valence-electron chi connectivity index (χ1n) is 9.25. The minimum absolute atomic E-state index is 0.167. The zero-order chi connectivity index (χ0) is 19.5. The van der Waals surface area contributed by atoms with E-state index in [1.54, 1.807) is 6.92 Å². The Hall–Kier alpha value is -1.22. The van der Waals surface area contributed by atoms with Crippen LogP contribution in [0.4, 0.5) is 0 Å². The minimum atomic E-state index is -0.367. The lowest BCUT2D eigenvalue weighted by Crippen LogP contribution is -2.20. The summed E-state index contributed by atoms with van der Waals surface area (Å²) >= 11 is 0. The molecule has 0 heterocycles. The van der Waals surface area contributed by atoms with E-state index in [1.807, 2.05) is 13.8 Å². The Labute approximate surface area is 156 Å². The molecule has 0 aliphatic rings. The van der Waals surface area contributed by atoms with E-state index < -0.39 is 0 Å². The van der Waals surface area contributed by atoms with Gasteiger partial charge in [0.15, 0.2) is 0 Å². The second-order valence-corrected chi connectivity index (χ2v) is 5.45. The van der Waals surface area contributed by atoms with Crippen molar-refractivity contribution in [1.29, 1.82) is 0 Å². The van der Waals surface area contributed by atoms with Gasteiger partial charge in [0.05, 0.1) is 45.6 Å². The van der Waals surface area contributed by atoms with Gasteiger partial charge in [0.2, 0.25) is 0 Å². The van der Waals surface area contributed by atoms with Gasteiger partial charge < -0.3 is 28.4 Å². The molecule has 1 atom stereocenters. The van der Waals surface area contributed by atoms with Crippen molar-refractivity contribution in [3.05, 3.63) is 0 Å². The standard InChI is InChI=1S/C18H34O8/c1-4-21-8-10-23-12-14-25-17(19)7-6-16(3)18(20)26-15-13-24-11-9-22-5-2/h16H,4-15H2,1-3H3. The molecule has 0 aliphatic heterocycles. The van der Waals surface area contributed by atoms with Crippen molar-refractivity contribution < 1.29 is 38.0 Å². The molecule has 8 heteroatoms. The summed E-state index contributed by atoms with van der Waals surface area (Å²) in [6, 6.07) is 0. The van der Waals surface area contributed by atoms with Crippen molar-refractivity contribution in [3.63, 3.8) is 0 Å². The summed E-state index contributed by atoms with van der Waals surface area (Å²) in [5, 5.41) is 0. The summed E-state index contributed by atoms with van der Waals surface area (Å²) in [5.74, 6) is -1.06. The van der Waals surface area contributed by atoms with Gasteiger partial charge in [-0.2, -0.15) is 0 Å². The SMILES string of the molecule is CCOCCOCCOC(=O)CCC(C)C(=O)OCCOCCOCC. The fraction of sp³-hybridized carbons (Fsp3) is 0.889. The van der Waals surface area contributed by atoms with Crippen LogP contribution in [-0.4, -0.2) is 78.0 Å². The van der Waals surface area contributed by atoms with Crippen LogP contribution in [0.5, 0.6) is 0 Å². The number of carbonyl (C=O) groups is 2. The van der Waals surface area contributed by atoms with Gasteiger partial charge in [0.1, 0.15) is 13.2 Å². The second-order valence-electron chi connectivity index (χ2n) is 5.45. The maximum atomic E-state index is 11.8. The van der Waals surface area contributed by atoms with E-state index in [0.29, 0.717) is 59.3 Å². The van der Waals surface area contributed by atoms with Crippen LogP contribution in [0.2, 0.25) is 0 Å². The quantitative estimate of drug-likeness (QED) is 0.262. The van der Waals surface area contributed by atoms with Gasteiger partial charge >= 0.3 is 11.9 Å². The summed E-state index contributed by atoms with van der Waals surface area (Å²) in [6.45, 7) is 9.92. The van der Waals surface area contributed by atoms with E-state index >= 15 is 0 Å². The highest BCUT2D eigenvalue weighted by atomic mass is 16.6. The van der Waals surface area contributed by atoms with Crippen molar-refractivity contribution in [2.24, 2.45) is 5.92 Å². The van der Waals surface area contributed by atoms with Crippen LogP contribution in [0.25, 0.3) is 0 Å². The van der Waals surface area contributed by atoms with Crippen molar-refractivity contribution >= 4 is 11.9 Å². The third-order valence-corrected chi connectivity index (χ3v) is 3.30. The molecule has 0 rings (SSSR count). The lowest BCUT2D eigenvalue weighted by atomic mass is 10.1. The third kappa shape index (κ3) is 16.3. The zero-order valence-electron chi connectivity index (χ0n) is 16.3. The zero-order valence-corrected chi connectivity index (χ0v) is 16.3. The van der Waals surface area contributed by atoms with Crippen LogP contribution in [-0.2, 0) is 38.0 Å². The molecule has 0 aromatic heterocycles. The van der Waals surface area contributed by atoms with Gasteiger partial charge in [0, 0.05) is 19.6 Å². The average molecular weight is 378 g/mol. The van der Waals surface area contributed by atoms with Crippen LogP contribution < -0.4 is 0 Å². The molecule has 0 spiro atoms. The molecule has 0 fully saturated rings. The van der Waals surface area contributed by atoms with E-state index in [-0.39, 0.29) is 37.5 Å². The molecular weight excluding hydrogens is 344 g/mol. The molecule has 0 saturated heterocycles. The molecule has 0 saturated carbocycles. The lowest BCUT2D eigenvalue weighted by molar-refractivity contribution is -0.151. The Bertz CT molecular complexity index is 348. The summed E-state index contributed by atoms with van der Waals surface area (Å²) in [7, 11) is 0. The Morgan fingerprint density at radius 2 is 1.15 bits per heavy atom. The highest BCUT2D eigenvalue weighted by molar-refractivity contribution is 5.74. The molecule has 0 aliphatic carbocycles. The summed E-state index contributed by atoms with van der Waals surface area (Å²) in [5.41, 5.74) is 0. The molecule has 0 N–H and O–H groups in total. The monoisotopic (exact) mass is 378 g/mol. The number of rotatable bonds is 18. The maximum absolute atomic E-state index is 11.8. The molecule has 0 aromatic carbocycles. The number of hydrogen-bond acceptors (Lipinski definition) is 8. The van der Waals surface area contributed by atoms with Gasteiger partial charge in [-0.25, -0.2) is 0 Å². The molecule has 8 nitrogen and oxygen atoms in total. The van der Waals surface area contributed by atoms with Crippen LogP contribution >= 0.6 is 0 Å². The van der Waals surface area contributed by atoms with E-state index in [1.165, 1.54) is 0 Å². The molecule has 154 valence electrons. The topological polar surface area (TPSA) is 89.5 Å². The summed E-state index contributed by atoms with van der Waals surface area (Å²) in [6.07, 6.45) is 0.550. The van der Waals surface area contributed by atoms with Crippen LogP contribution in [0.3, 0.4) is 0 Å². The molecule has 0 amide bonds. The molecule has 0 radical (unpaired) electrons.